The lowest BCUT2D eigenvalue weighted by molar-refractivity contribution is -0.126. The van der Waals surface area contributed by atoms with Crippen molar-refractivity contribution >= 4 is 18.3 Å². The summed E-state index contributed by atoms with van der Waals surface area (Å²) in [5, 5.41) is 6.48. The summed E-state index contributed by atoms with van der Waals surface area (Å²) in [6, 6.07) is 9.05. The second kappa shape index (κ2) is 10.7. The van der Waals surface area contributed by atoms with Gasteiger partial charge in [0.2, 0.25) is 5.91 Å². The Morgan fingerprint density at radius 1 is 1.21 bits per heavy atom. The van der Waals surface area contributed by atoms with Gasteiger partial charge in [0.05, 0.1) is 0 Å². The van der Waals surface area contributed by atoms with E-state index in [0.717, 1.165) is 39.0 Å². The number of hydrogen-bond acceptors (Lipinski definition) is 3. The summed E-state index contributed by atoms with van der Waals surface area (Å²) in [6.45, 7) is 11.2. The maximum absolute atomic E-state index is 12.3. The molecular formula is C19H32ClN3O. The molecule has 1 amide bonds. The molecular weight excluding hydrogens is 322 g/mol. The molecule has 0 radical (unpaired) electrons. The fourth-order valence-corrected chi connectivity index (χ4v) is 3.17. The number of nitrogens with one attached hydrogen (secondary N) is 2. The molecule has 2 atom stereocenters. The minimum Gasteiger partial charge on any atom is -0.352 e. The van der Waals surface area contributed by atoms with Crippen LogP contribution < -0.4 is 10.6 Å². The van der Waals surface area contributed by atoms with Crippen molar-refractivity contribution in [2.24, 2.45) is 5.92 Å². The van der Waals surface area contributed by atoms with Gasteiger partial charge in [0.1, 0.15) is 0 Å². The molecule has 2 N–H and O–H groups in total. The highest BCUT2D eigenvalue weighted by Gasteiger charge is 2.24. The molecule has 0 aromatic heterocycles. The molecule has 0 saturated carbocycles. The fourth-order valence-electron chi connectivity index (χ4n) is 3.17. The van der Waals surface area contributed by atoms with E-state index in [-0.39, 0.29) is 24.2 Å². The van der Waals surface area contributed by atoms with E-state index in [2.05, 4.69) is 60.6 Å². The van der Waals surface area contributed by atoms with Gasteiger partial charge in [-0.3, -0.25) is 9.69 Å². The summed E-state index contributed by atoms with van der Waals surface area (Å²) >= 11 is 0. The van der Waals surface area contributed by atoms with Crippen molar-refractivity contribution in [2.45, 2.75) is 52.7 Å². The van der Waals surface area contributed by atoms with Gasteiger partial charge in [-0.2, -0.15) is 0 Å². The molecule has 1 aromatic rings. The maximum atomic E-state index is 12.3. The highest BCUT2D eigenvalue weighted by Crippen LogP contribution is 2.16. The van der Waals surface area contributed by atoms with Crippen LogP contribution in [0.5, 0.6) is 0 Å². The summed E-state index contributed by atoms with van der Waals surface area (Å²) in [5.41, 5.74) is 2.50. The number of carbonyl (C=O) groups excluding carboxylic acids is 1. The molecule has 24 heavy (non-hydrogen) atoms. The number of rotatable bonds is 7. The van der Waals surface area contributed by atoms with Gasteiger partial charge in [-0.25, -0.2) is 0 Å². The Hall–Kier alpha value is -1.10. The third kappa shape index (κ3) is 6.42. The van der Waals surface area contributed by atoms with Crippen LogP contribution in [0, 0.1) is 5.92 Å². The van der Waals surface area contributed by atoms with Gasteiger partial charge in [0.15, 0.2) is 0 Å². The first-order valence-electron chi connectivity index (χ1n) is 8.93. The lowest BCUT2D eigenvalue weighted by Gasteiger charge is -2.27. The summed E-state index contributed by atoms with van der Waals surface area (Å²) < 4.78 is 0. The van der Waals surface area contributed by atoms with Crippen LogP contribution in [0.2, 0.25) is 0 Å². The number of piperidine rings is 1. The first-order valence-corrected chi connectivity index (χ1v) is 8.93. The lowest BCUT2D eigenvalue weighted by Crippen LogP contribution is -2.42. The first-order chi connectivity index (χ1) is 11.1. The zero-order chi connectivity index (χ0) is 16.7. The number of halogens is 1. The van der Waals surface area contributed by atoms with E-state index in [9.17, 15) is 4.79 Å². The maximum Gasteiger partial charge on any atom is 0.223 e. The van der Waals surface area contributed by atoms with Crippen LogP contribution in [-0.2, 0) is 17.9 Å². The van der Waals surface area contributed by atoms with Crippen LogP contribution >= 0.6 is 12.4 Å². The average Bonchev–Trinajstić information content (AvgIpc) is 2.58. The molecule has 0 unspecified atom stereocenters. The van der Waals surface area contributed by atoms with Gasteiger partial charge in [0.25, 0.3) is 0 Å². The van der Waals surface area contributed by atoms with Crippen molar-refractivity contribution in [1.82, 2.24) is 15.5 Å². The fraction of sp³-hybridized carbons (Fsp3) is 0.632. The predicted octanol–water partition coefficient (Wildman–Crippen LogP) is 2.95. The first kappa shape index (κ1) is 20.9. The van der Waals surface area contributed by atoms with E-state index >= 15 is 0 Å². The molecule has 0 spiro atoms. The number of nitrogens with zero attached hydrogens (tertiary/aromatic N) is 1. The number of amides is 1. The molecule has 1 aliphatic rings. The van der Waals surface area contributed by atoms with E-state index in [1.54, 1.807) is 0 Å². The molecule has 1 aliphatic heterocycles. The summed E-state index contributed by atoms with van der Waals surface area (Å²) in [4.78, 5) is 14.7. The summed E-state index contributed by atoms with van der Waals surface area (Å²) in [5.74, 6) is 0.360. The minimum absolute atomic E-state index is 0. The van der Waals surface area contributed by atoms with Gasteiger partial charge in [0, 0.05) is 25.0 Å². The third-order valence-electron chi connectivity index (χ3n) is 4.78. The smallest absolute Gasteiger partial charge is 0.223 e. The van der Waals surface area contributed by atoms with Crippen LogP contribution in [0.25, 0.3) is 0 Å². The summed E-state index contributed by atoms with van der Waals surface area (Å²) in [7, 11) is 0. The van der Waals surface area contributed by atoms with Gasteiger partial charge in [-0.05, 0) is 50.5 Å². The van der Waals surface area contributed by atoms with Crippen molar-refractivity contribution in [2.75, 3.05) is 19.6 Å². The zero-order valence-corrected chi connectivity index (χ0v) is 16.0. The second-order valence-electron chi connectivity index (χ2n) is 6.57. The molecule has 5 heteroatoms. The minimum atomic E-state index is 0. The van der Waals surface area contributed by atoms with Crippen LogP contribution in [-0.4, -0.2) is 36.5 Å². The molecule has 0 bridgehead atoms. The monoisotopic (exact) mass is 353 g/mol. The highest BCUT2D eigenvalue weighted by atomic mass is 35.5. The normalized spacial score (nSPS) is 20.5. The van der Waals surface area contributed by atoms with E-state index in [4.69, 9.17) is 0 Å². The van der Waals surface area contributed by atoms with Crippen molar-refractivity contribution in [1.29, 1.82) is 0 Å². The number of carbonyl (C=O) groups is 1. The average molecular weight is 354 g/mol. The Bertz CT molecular complexity index is 488. The van der Waals surface area contributed by atoms with Gasteiger partial charge in [-0.1, -0.05) is 38.1 Å². The van der Waals surface area contributed by atoms with E-state index in [1.165, 1.54) is 11.1 Å². The molecule has 1 aromatic carbocycles. The van der Waals surface area contributed by atoms with Crippen molar-refractivity contribution in [3.05, 3.63) is 35.4 Å². The van der Waals surface area contributed by atoms with E-state index in [0.29, 0.717) is 12.6 Å². The molecule has 1 heterocycles. The van der Waals surface area contributed by atoms with E-state index in [1.807, 2.05) is 0 Å². The van der Waals surface area contributed by atoms with Crippen LogP contribution in [0.3, 0.4) is 0 Å². The molecule has 2 rings (SSSR count). The van der Waals surface area contributed by atoms with Gasteiger partial charge in [-0.15, -0.1) is 12.4 Å². The number of hydrogen-bond donors (Lipinski definition) is 2. The molecule has 1 fully saturated rings. The van der Waals surface area contributed by atoms with Crippen molar-refractivity contribution < 1.29 is 4.79 Å². The van der Waals surface area contributed by atoms with Gasteiger partial charge >= 0.3 is 0 Å². The quantitative estimate of drug-likeness (QED) is 0.792. The van der Waals surface area contributed by atoms with E-state index < -0.39 is 0 Å². The van der Waals surface area contributed by atoms with Gasteiger partial charge < -0.3 is 10.6 Å². The Morgan fingerprint density at radius 3 is 2.42 bits per heavy atom. The molecule has 136 valence electrons. The second-order valence-corrected chi connectivity index (χ2v) is 6.57. The third-order valence-corrected chi connectivity index (χ3v) is 4.78. The highest BCUT2D eigenvalue weighted by molar-refractivity contribution is 5.85. The predicted molar refractivity (Wildman–Crippen MR) is 102 cm³/mol. The van der Waals surface area contributed by atoms with Crippen LogP contribution in [0.15, 0.2) is 24.3 Å². The Labute approximate surface area is 152 Å². The van der Waals surface area contributed by atoms with Crippen LogP contribution in [0.1, 0.15) is 44.7 Å². The van der Waals surface area contributed by atoms with Crippen molar-refractivity contribution in [3.8, 4) is 0 Å². The Balaban J connectivity index is 0.00000288. The Kier molecular flexibility index (Phi) is 9.34. The lowest BCUT2D eigenvalue weighted by atomic mass is 9.92. The topological polar surface area (TPSA) is 44.4 Å². The zero-order valence-electron chi connectivity index (χ0n) is 15.2. The van der Waals surface area contributed by atoms with Crippen LogP contribution in [0.4, 0.5) is 0 Å². The SMILES string of the molecule is CCN(CC)Cc1ccc(CNC(=O)[C@H]2CCN[C@@H](C)C2)cc1.Cl. The number of benzene rings is 1. The largest absolute Gasteiger partial charge is 0.352 e. The standard InChI is InChI=1S/C19H31N3O.ClH/c1-4-22(5-2)14-17-8-6-16(7-9-17)13-21-19(23)18-10-11-20-15(3)12-18;/h6-9,15,18,20H,4-5,10-14H2,1-3H3,(H,21,23);1H/t15-,18-;/m0./s1. The molecule has 4 nitrogen and oxygen atoms in total. The van der Waals surface area contributed by atoms with Crippen molar-refractivity contribution in [3.63, 3.8) is 0 Å². The summed E-state index contributed by atoms with van der Waals surface area (Å²) in [6.07, 6.45) is 1.88. The Morgan fingerprint density at radius 2 is 1.83 bits per heavy atom. The molecule has 1 saturated heterocycles. The molecule has 0 aliphatic carbocycles.